The minimum absolute atomic E-state index is 0.0300. The van der Waals surface area contributed by atoms with E-state index in [4.69, 9.17) is 19.4 Å². The molecular formula is C30H30N4O3S. The largest absolute Gasteiger partial charge is 0.454 e. The summed E-state index contributed by atoms with van der Waals surface area (Å²) in [5.74, 6) is 3.98. The highest BCUT2D eigenvalue weighted by Gasteiger charge is 2.29. The van der Waals surface area contributed by atoms with Gasteiger partial charge in [-0.2, -0.15) is 0 Å². The first-order valence-electron chi connectivity index (χ1n) is 13.4. The van der Waals surface area contributed by atoms with Gasteiger partial charge in [0.05, 0.1) is 5.39 Å². The van der Waals surface area contributed by atoms with E-state index < -0.39 is 0 Å². The lowest BCUT2D eigenvalue weighted by Crippen LogP contribution is -2.49. The number of carbonyl (C=O) groups excluding carboxylic acids is 1. The molecule has 194 valence electrons. The lowest BCUT2D eigenvalue weighted by molar-refractivity contribution is 0.0746. The van der Waals surface area contributed by atoms with Crippen molar-refractivity contribution in [2.45, 2.75) is 32.6 Å². The van der Waals surface area contributed by atoms with E-state index in [1.807, 2.05) is 34.4 Å². The Morgan fingerprint density at radius 1 is 1.03 bits per heavy atom. The number of aromatic nitrogens is 2. The van der Waals surface area contributed by atoms with Crippen LogP contribution in [-0.2, 0) is 19.3 Å². The topological polar surface area (TPSA) is 67.8 Å². The molecule has 0 N–H and O–H groups in total. The van der Waals surface area contributed by atoms with Gasteiger partial charge >= 0.3 is 0 Å². The molecule has 1 aliphatic carbocycles. The van der Waals surface area contributed by atoms with Crippen molar-refractivity contribution < 1.29 is 14.3 Å². The predicted octanol–water partition coefficient (Wildman–Crippen LogP) is 5.10. The molecule has 4 heterocycles. The fraction of sp³-hybridized carbons (Fsp3) is 0.367. The first kappa shape index (κ1) is 23.5. The number of fused-ring (bicyclic) bond motifs is 4. The van der Waals surface area contributed by atoms with Gasteiger partial charge in [-0.05, 0) is 54.5 Å². The average Bonchev–Trinajstić information content (AvgIpc) is 3.56. The predicted molar refractivity (Wildman–Crippen MR) is 149 cm³/mol. The summed E-state index contributed by atoms with van der Waals surface area (Å²) in [6.07, 6.45) is 4.14. The third-order valence-electron chi connectivity index (χ3n) is 7.87. The quantitative estimate of drug-likeness (QED) is 0.369. The maximum Gasteiger partial charge on any atom is 0.254 e. The summed E-state index contributed by atoms with van der Waals surface area (Å²) in [7, 11) is 0. The fourth-order valence-electron chi connectivity index (χ4n) is 5.79. The maximum absolute atomic E-state index is 13.3. The van der Waals surface area contributed by atoms with E-state index >= 15 is 0 Å². The minimum atomic E-state index is 0.0300. The van der Waals surface area contributed by atoms with Crippen molar-refractivity contribution in [2.24, 2.45) is 5.92 Å². The lowest BCUT2D eigenvalue weighted by Gasteiger charge is -2.36. The second-order valence-electron chi connectivity index (χ2n) is 10.5. The smallest absolute Gasteiger partial charge is 0.254 e. The summed E-state index contributed by atoms with van der Waals surface area (Å²) < 4.78 is 10.9. The number of benzene rings is 2. The molecule has 8 heteroatoms. The molecule has 0 bridgehead atoms. The summed E-state index contributed by atoms with van der Waals surface area (Å²) in [5, 5.41) is 1.24. The molecule has 0 spiro atoms. The van der Waals surface area contributed by atoms with Gasteiger partial charge in [0.25, 0.3) is 5.91 Å². The zero-order chi connectivity index (χ0) is 25.6. The Hall–Kier alpha value is -3.65. The van der Waals surface area contributed by atoms with Crippen molar-refractivity contribution in [3.63, 3.8) is 0 Å². The van der Waals surface area contributed by atoms with E-state index in [1.54, 1.807) is 6.07 Å². The molecule has 3 aliphatic rings. The van der Waals surface area contributed by atoms with Crippen molar-refractivity contribution in [2.75, 3.05) is 37.9 Å². The van der Waals surface area contributed by atoms with E-state index in [0.29, 0.717) is 42.5 Å². The van der Waals surface area contributed by atoms with Gasteiger partial charge in [0.15, 0.2) is 11.5 Å². The van der Waals surface area contributed by atoms with Crippen LogP contribution < -0.4 is 14.4 Å². The Balaban J connectivity index is 1.17. The van der Waals surface area contributed by atoms with Crippen LogP contribution in [0.1, 0.15) is 45.5 Å². The number of anilines is 1. The number of hydrogen-bond donors (Lipinski definition) is 0. The molecule has 1 unspecified atom stereocenters. The first-order chi connectivity index (χ1) is 18.6. The molecule has 1 amide bonds. The first-order valence-corrected chi connectivity index (χ1v) is 14.2. The van der Waals surface area contributed by atoms with Crippen LogP contribution in [0.2, 0.25) is 0 Å². The number of hydrogen-bond acceptors (Lipinski definition) is 7. The Labute approximate surface area is 226 Å². The number of piperazine rings is 1. The molecule has 1 fully saturated rings. The van der Waals surface area contributed by atoms with Crippen molar-refractivity contribution in [3.05, 3.63) is 75.9 Å². The van der Waals surface area contributed by atoms with E-state index in [-0.39, 0.29) is 12.7 Å². The fourth-order valence-corrected chi connectivity index (χ4v) is 7.18. The van der Waals surface area contributed by atoms with Gasteiger partial charge < -0.3 is 19.3 Å². The summed E-state index contributed by atoms with van der Waals surface area (Å²) in [6, 6.07) is 15.9. The highest BCUT2D eigenvalue weighted by atomic mass is 32.1. The second kappa shape index (κ2) is 9.58. The SMILES string of the molecule is CC1CCc2c(sc3nc(Cc4ccccc4)nc(N4CCN(C(=O)c5ccc6c(c5)OCO6)CC4)c23)C1. The van der Waals surface area contributed by atoms with Gasteiger partial charge in [0, 0.05) is 43.0 Å². The number of ether oxygens (including phenoxy) is 2. The van der Waals surface area contributed by atoms with Gasteiger partial charge in [-0.1, -0.05) is 37.3 Å². The van der Waals surface area contributed by atoms with Crippen LogP contribution in [0.3, 0.4) is 0 Å². The molecule has 38 heavy (non-hydrogen) atoms. The van der Waals surface area contributed by atoms with Crippen LogP contribution in [0.25, 0.3) is 10.2 Å². The molecule has 0 saturated carbocycles. The van der Waals surface area contributed by atoms with Gasteiger partial charge in [-0.25, -0.2) is 9.97 Å². The van der Waals surface area contributed by atoms with E-state index in [9.17, 15) is 4.79 Å². The zero-order valence-electron chi connectivity index (χ0n) is 21.5. The molecule has 4 aromatic rings. The van der Waals surface area contributed by atoms with E-state index in [1.165, 1.54) is 27.8 Å². The number of carbonyl (C=O) groups is 1. The standard InChI is InChI=1S/C30H30N4O3S/c1-19-7-9-22-25(15-19)38-29-27(22)28(31-26(32-29)16-20-5-3-2-4-6-20)33-11-13-34(14-12-33)30(35)21-8-10-23-24(17-21)37-18-36-23/h2-6,8,10,17,19H,7,9,11-16,18H2,1H3. The maximum atomic E-state index is 13.3. The Kier molecular flexibility index (Phi) is 5.92. The van der Waals surface area contributed by atoms with Crippen LogP contribution >= 0.6 is 11.3 Å². The Bertz CT molecular complexity index is 1510. The van der Waals surface area contributed by atoms with Gasteiger partial charge in [-0.3, -0.25) is 4.79 Å². The van der Waals surface area contributed by atoms with Crippen molar-refractivity contribution in [1.29, 1.82) is 0 Å². The second-order valence-corrected chi connectivity index (χ2v) is 11.6. The Morgan fingerprint density at radius 3 is 2.68 bits per heavy atom. The summed E-state index contributed by atoms with van der Waals surface area (Å²) >= 11 is 1.85. The normalized spacial score (nSPS) is 18.6. The van der Waals surface area contributed by atoms with Crippen molar-refractivity contribution in [3.8, 4) is 11.5 Å². The van der Waals surface area contributed by atoms with Crippen LogP contribution in [0.5, 0.6) is 11.5 Å². The third-order valence-corrected chi connectivity index (χ3v) is 9.02. The van der Waals surface area contributed by atoms with Crippen LogP contribution in [0, 0.1) is 5.92 Å². The van der Waals surface area contributed by atoms with Crippen LogP contribution in [-0.4, -0.2) is 53.7 Å². The number of nitrogens with zero attached hydrogens (tertiary/aromatic N) is 4. The van der Waals surface area contributed by atoms with Crippen LogP contribution in [0.15, 0.2) is 48.5 Å². The third kappa shape index (κ3) is 4.26. The lowest BCUT2D eigenvalue weighted by atomic mass is 9.89. The van der Waals surface area contributed by atoms with Crippen molar-refractivity contribution in [1.82, 2.24) is 14.9 Å². The van der Waals surface area contributed by atoms with Gasteiger partial charge in [-0.15, -0.1) is 11.3 Å². The van der Waals surface area contributed by atoms with Crippen molar-refractivity contribution >= 4 is 33.3 Å². The average molecular weight is 527 g/mol. The van der Waals surface area contributed by atoms with E-state index in [2.05, 4.69) is 36.1 Å². The molecule has 2 aromatic heterocycles. The summed E-state index contributed by atoms with van der Waals surface area (Å²) in [4.78, 5) is 30.4. The van der Waals surface area contributed by atoms with E-state index in [0.717, 1.165) is 42.4 Å². The molecule has 2 aromatic carbocycles. The molecule has 1 atom stereocenters. The monoisotopic (exact) mass is 526 g/mol. The molecule has 2 aliphatic heterocycles. The summed E-state index contributed by atoms with van der Waals surface area (Å²) in [5.41, 5.74) is 3.30. The summed E-state index contributed by atoms with van der Waals surface area (Å²) in [6.45, 7) is 5.34. The molecule has 1 saturated heterocycles. The number of aryl methyl sites for hydroxylation is 1. The Morgan fingerprint density at radius 2 is 1.84 bits per heavy atom. The number of amides is 1. The molecule has 7 rings (SSSR count). The van der Waals surface area contributed by atoms with Gasteiger partial charge in [0.1, 0.15) is 16.5 Å². The minimum Gasteiger partial charge on any atom is -0.454 e. The molecule has 7 nitrogen and oxygen atoms in total. The highest BCUT2D eigenvalue weighted by molar-refractivity contribution is 7.19. The zero-order valence-corrected chi connectivity index (χ0v) is 22.3. The van der Waals surface area contributed by atoms with Crippen LogP contribution in [0.4, 0.5) is 5.82 Å². The number of rotatable bonds is 4. The highest BCUT2D eigenvalue weighted by Crippen LogP contribution is 2.41. The number of thiophene rings is 1. The molecular weight excluding hydrogens is 496 g/mol. The van der Waals surface area contributed by atoms with Gasteiger partial charge in [0.2, 0.25) is 6.79 Å². The molecule has 0 radical (unpaired) electrons.